The number of carbonyl (C=O) groups excluding carboxylic acids is 1. The molecule has 1 rings (SSSR count). The molecule has 0 saturated carbocycles. The van der Waals surface area contributed by atoms with Crippen molar-refractivity contribution in [3.05, 3.63) is 0 Å². The molecule has 0 radical (unpaired) electrons. The molecule has 0 spiro atoms. The number of alkyl halides is 1. The maximum absolute atomic E-state index is 11.6. The number of hydrogen-bond donors (Lipinski definition) is 0. The van der Waals surface area contributed by atoms with Crippen LogP contribution in [0.2, 0.25) is 0 Å². The predicted octanol–water partition coefficient (Wildman–Crippen LogP) is 2.41. The molecule has 13 heavy (non-hydrogen) atoms. The van der Waals surface area contributed by atoms with Gasteiger partial charge in [0.2, 0.25) is 5.91 Å². The smallest absolute Gasteiger partial charge is 0.222 e. The Bertz CT molecular complexity index is 172. The van der Waals surface area contributed by atoms with Gasteiger partial charge in [-0.2, -0.15) is 0 Å². The number of amides is 1. The number of unbranched alkanes of at least 4 members (excludes halogenated alkanes) is 1. The second-order valence-corrected chi connectivity index (χ2v) is 3.95. The minimum absolute atomic E-state index is 0.296. The topological polar surface area (TPSA) is 20.3 Å². The Hall–Kier alpha value is -0.240. The van der Waals surface area contributed by atoms with E-state index in [0.717, 1.165) is 32.2 Å². The lowest BCUT2D eigenvalue weighted by Crippen LogP contribution is -2.36. The standard InChI is InChI=1S/C10H18ClNO/c1-2-3-6-10(13)12-7-4-5-9(12)8-11/h9H,2-8H2,1H3/t9-/m0/s1. The molecule has 1 saturated heterocycles. The molecule has 1 aliphatic rings. The van der Waals surface area contributed by atoms with Gasteiger partial charge >= 0.3 is 0 Å². The third-order valence-electron chi connectivity index (χ3n) is 2.62. The Labute approximate surface area is 85.2 Å². The minimum Gasteiger partial charge on any atom is -0.339 e. The van der Waals surface area contributed by atoms with E-state index in [1.165, 1.54) is 0 Å². The highest BCUT2D eigenvalue weighted by molar-refractivity contribution is 6.18. The van der Waals surface area contributed by atoms with Gasteiger partial charge in [0.1, 0.15) is 0 Å². The van der Waals surface area contributed by atoms with Crippen molar-refractivity contribution in [2.24, 2.45) is 0 Å². The largest absolute Gasteiger partial charge is 0.339 e. The molecule has 0 aromatic rings. The first-order chi connectivity index (χ1) is 6.29. The van der Waals surface area contributed by atoms with Crippen LogP contribution in [0.1, 0.15) is 39.0 Å². The number of carbonyl (C=O) groups is 1. The van der Waals surface area contributed by atoms with Crippen molar-refractivity contribution in [1.29, 1.82) is 0 Å². The summed E-state index contributed by atoms with van der Waals surface area (Å²) >= 11 is 5.79. The van der Waals surface area contributed by atoms with Gasteiger partial charge < -0.3 is 4.90 Å². The molecule has 0 unspecified atom stereocenters. The summed E-state index contributed by atoms with van der Waals surface area (Å²) in [6.45, 7) is 3.02. The van der Waals surface area contributed by atoms with Crippen LogP contribution < -0.4 is 0 Å². The lowest BCUT2D eigenvalue weighted by atomic mass is 10.2. The third kappa shape index (κ3) is 2.87. The molecule has 2 nitrogen and oxygen atoms in total. The molecule has 0 aromatic carbocycles. The Balaban J connectivity index is 2.36. The van der Waals surface area contributed by atoms with Crippen LogP contribution in [-0.2, 0) is 4.79 Å². The van der Waals surface area contributed by atoms with E-state index in [-0.39, 0.29) is 0 Å². The van der Waals surface area contributed by atoms with Crippen LogP contribution in [0.25, 0.3) is 0 Å². The zero-order chi connectivity index (χ0) is 9.68. The maximum atomic E-state index is 11.6. The minimum atomic E-state index is 0.296. The van der Waals surface area contributed by atoms with E-state index >= 15 is 0 Å². The summed E-state index contributed by atoms with van der Waals surface area (Å²) < 4.78 is 0. The highest BCUT2D eigenvalue weighted by Crippen LogP contribution is 2.19. The van der Waals surface area contributed by atoms with E-state index in [2.05, 4.69) is 6.92 Å². The summed E-state index contributed by atoms with van der Waals surface area (Å²) in [5.74, 6) is 0.891. The van der Waals surface area contributed by atoms with Crippen molar-refractivity contribution in [3.8, 4) is 0 Å². The number of nitrogens with zero attached hydrogens (tertiary/aromatic N) is 1. The van der Waals surface area contributed by atoms with Crippen LogP contribution >= 0.6 is 11.6 Å². The van der Waals surface area contributed by atoms with Gasteiger partial charge in [0.05, 0.1) is 0 Å². The van der Waals surface area contributed by atoms with E-state index in [0.29, 0.717) is 24.2 Å². The summed E-state index contributed by atoms with van der Waals surface area (Å²) in [5.41, 5.74) is 0. The van der Waals surface area contributed by atoms with Crippen LogP contribution in [0.4, 0.5) is 0 Å². The van der Waals surface area contributed by atoms with Gasteiger partial charge in [-0.3, -0.25) is 4.79 Å². The predicted molar refractivity (Wildman–Crippen MR) is 55.0 cm³/mol. The molecule has 1 atom stereocenters. The van der Waals surface area contributed by atoms with E-state index in [1.54, 1.807) is 0 Å². The molecule has 3 heteroatoms. The second-order valence-electron chi connectivity index (χ2n) is 3.64. The molecule has 0 aromatic heterocycles. The molecular formula is C10H18ClNO. The molecular weight excluding hydrogens is 186 g/mol. The van der Waals surface area contributed by atoms with Gasteiger partial charge in [-0.25, -0.2) is 0 Å². The molecule has 1 aliphatic heterocycles. The zero-order valence-electron chi connectivity index (χ0n) is 8.26. The van der Waals surface area contributed by atoms with E-state index in [1.807, 2.05) is 4.90 Å². The first-order valence-corrected chi connectivity index (χ1v) is 5.68. The van der Waals surface area contributed by atoms with Crippen molar-refractivity contribution in [2.45, 2.75) is 45.1 Å². The molecule has 1 fully saturated rings. The van der Waals surface area contributed by atoms with Crippen LogP contribution in [0.15, 0.2) is 0 Å². The SMILES string of the molecule is CCCCC(=O)N1CCC[C@H]1CCl. The number of hydrogen-bond acceptors (Lipinski definition) is 1. The number of halogens is 1. The summed E-state index contributed by atoms with van der Waals surface area (Å²) in [5, 5.41) is 0. The van der Waals surface area contributed by atoms with Crippen LogP contribution in [0.3, 0.4) is 0 Å². The Kier molecular flexibility index (Phi) is 4.57. The molecule has 0 aliphatic carbocycles. The normalized spacial score (nSPS) is 22.3. The van der Waals surface area contributed by atoms with Gasteiger partial charge in [-0.1, -0.05) is 13.3 Å². The van der Waals surface area contributed by atoms with Gasteiger partial charge in [0.15, 0.2) is 0 Å². The zero-order valence-corrected chi connectivity index (χ0v) is 9.02. The van der Waals surface area contributed by atoms with Crippen LogP contribution in [0.5, 0.6) is 0 Å². The lowest BCUT2D eigenvalue weighted by Gasteiger charge is -2.22. The Morgan fingerprint density at radius 3 is 3.00 bits per heavy atom. The van der Waals surface area contributed by atoms with Crippen molar-refractivity contribution < 1.29 is 4.79 Å². The second kappa shape index (κ2) is 5.48. The average molecular weight is 204 g/mol. The lowest BCUT2D eigenvalue weighted by molar-refractivity contribution is -0.131. The van der Waals surface area contributed by atoms with Crippen molar-refractivity contribution in [1.82, 2.24) is 4.90 Å². The molecule has 0 bridgehead atoms. The highest BCUT2D eigenvalue weighted by atomic mass is 35.5. The summed E-state index contributed by atoms with van der Waals surface area (Å²) in [7, 11) is 0. The molecule has 1 amide bonds. The van der Waals surface area contributed by atoms with Crippen molar-refractivity contribution in [2.75, 3.05) is 12.4 Å². The van der Waals surface area contributed by atoms with Gasteiger partial charge in [-0.05, 0) is 19.3 Å². The fourth-order valence-corrected chi connectivity index (χ4v) is 2.12. The summed E-state index contributed by atoms with van der Waals surface area (Å²) in [4.78, 5) is 13.6. The molecule has 1 heterocycles. The van der Waals surface area contributed by atoms with Crippen molar-refractivity contribution in [3.63, 3.8) is 0 Å². The number of rotatable bonds is 4. The monoisotopic (exact) mass is 203 g/mol. The number of likely N-dealkylation sites (tertiary alicyclic amines) is 1. The van der Waals surface area contributed by atoms with E-state index < -0.39 is 0 Å². The van der Waals surface area contributed by atoms with Crippen molar-refractivity contribution >= 4 is 17.5 Å². The first-order valence-electron chi connectivity index (χ1n) is 5.15. The molecule has 76 valence electrons. The average Bonchev–Trinajstić information content (AvgIpc) is 2.61. The Morgan fingerprint density at radius 1 is 1.62 bits per heavy atom. The quantitative estimate of drug-likeness (QED) is 0.643. The van der Waals surface area contributed by atoms with E-state index in [4.69, 9.17) is 11.6 Å². The van der Waals surface area contributed by atoms with Gasteiger partial charge in [-0.15, -0.1) is 11.6 Å². The fraction of sp³-hybridized carbons (Fsp3) is 0.900. The summed E-state index contributed by atoms with van der Waals surface area (Å²) in [6.07, 6.45) is 5.00. The first kappa shape index (κ1) is 10.8. The maximum Gasteiger partial charge on any atom is 0.222 e. The van der Waals surface area contributed by atoms with Gasteiger partial charge in [0.25, 0.3) is 0 Å². The fourth-order valence-electron chi connectivity index (χ4n) is 1.80. The third-order valence-corrected chi connectivity index (χ3v) is 2.98. The Morgan fingerprint density at radius 2 is 2.38 bits per heavy atom. The summed E-state index contributed by atoms with van der Waals surface area (Å²) in [6, 6.07) is 0.311. The van der Waals surface area contributed by atoms with E-state index in [9.17, 15) is 4.79 Å². The van der Waals surface area contributed by atoms with Gasteiger partial charge in [0, 0.05) is 24.9 Å². The van der Waals surface area contributed by atoms with Crippen LogP contribution in [0, 0.1) is 0 Å². The van der Waals surface area contributed by atoms with Crippen LogP contribution in [-0.4, -0.2) is 29.3 Å². The highest BCUT2D eigenvalue weighted by Gasteiger charge is 2.26. The molecule has 0 N–H and O–H groups in total.